The summed E-state index contributed by atoms with van der Waals surface area (Å²) in [6, 6.07) is 18.9. The van der Waals surface area contributed by atoms with E-state index in [4.69, 9.17) is 4.98 Å². The Morgan fingerprint density at radius 2 is 1.97 bits per heavy atom. The molecule has 5 nitrogen and oxygen atoms in total. The molecule has 0 spiro atoms. The predicted molar refractivity (Wildman–Crippen MR) is 130 cm³/mol. The molecule has 1 N–H and O–H groups in total. The van der Waals surface area contributed by atoms with E-state index in [0.717, 1.165) is 26.0 Å². The average molecular weight is 475 g/mol. The molecule has 8 heteroatoms. The zero-order valence-electron chi connectivity index (χ0n) is 17.4. The van der Waals surface area contributed by atoms with E-state index in [1.807, 2.05) is 47.8 Å². The summed E-state index contributed by atoms with van der Waals surface area (Å²) in [5.74, 6) is -0.496. The van der Waals surface area contributed by atoms with Crippen molar-refractivity contribution < 1.29 is 9.18 Å². The zero-order chi connectivity index (χ0) is 22.6. The molecule has 0 saturated heterocycles. The minimum atomic E-state index is -0.366. The van der Waals surface area contributed by atoms with E-state index in [2.05, 4.69) is 10.3 Å². The SMILES string of the molecule is O=C(Cc1sc(-c2ccccc2)nc1-c1cccs1)NCc1ccc(-n2ccnc2)c(F)c1. The van der Waals surface area contributed by atoms with Crippen molar-refractivity contribution in [2.45, 2.75) is 13.0 Å². The van der Waals surface area contributed by atoms with Crippen LogP contribution in [-0.4, -0.2) is 20.4 Å². The highest BCUT2D eigenvalue weighted by Gasteiger charge is 2.18. The van der Waals surface area contributed by atoms with Gasteiger partial charge < -0.3 is 9.88 Å². The Morgan fingerprint density at radius 3 is 2.70 bits per heavy atom. The summed E-state index contributed by atoms with van der Waals surface area (Å²) >= 11 is 3.13. The largest absolute Gasteiger partial charge is 0.352 e. The number of hydrogen-bond acceptors (Lipinski definition) is 5. The first-order valence-corrected chi connectivity index (χ1v) is 12.0. The summed E-state index contributed by atoms with van der Waals surface area (Å²) in [6.07, 6.45) is 5.04. The molecule has 164 valence electrons. The summed E-state index contributed by atoms with van der Waals surface area (Å²) < 4.78 is 16.1. The standard InChI is InChI=1S/C25H19FN4OS2/c26-19-13-17(8-9-20(19)30-11-10-27-16-30)15-28-23(31)14-22-24(21-7-4-12-32-21)29-25(33-22)18-5-2-1-3-6-18/h1-13,16H,14-15H2,(H,28,31). The number of carbonyl (C=O) groups excluding carboxylic acids is 1. The third kappa shape index (κ3) is 4.76. The van der Waals surface area contributed by atoms with E-state index in [-0.39, 0.29) is 24.7 Å². The quantitative estimate of drug-likeness (QED) is 0.328. The van der Waals surface area contributed by atoms with Gasteiger partial charge in [0, 0.05) is 29.4 Å². The molecule has 5 aromatic rings. The number of nitrogens with zero attached hydrogens (tertiary/aromatic N) is 3. The van der Waals surface area contributed by atoms with E-state index in [9.17, 15) is 9.18 Å². The van der Waals surface area contributed by atoms with Crippen molar-refractivity contribution in [1.29, 1.82) is 0 Å². The van der Waals surface area contributed by atoms with Gasteiger partial charge >= 0.3 is 0 Å². The van der Waals surface area contributed by atoms with Gasteiger partial charge in [0.15, 0.2) is 0 Å². The number of benzene rings is 2. The third-order valence-corrected chi connectivity index (χ3v) is 7.06. The van der Waals surface area contributed by atoms with Crippen LogP contribution in [0, 0.1) is 5.82 Å². The first-order chi connectivity index (χ1) is 16.2. The Balaban J connectivity index is 1.31. The molecule has 0 fully saturated rings. The molecule has 0 atom stereocenters. The first-order valence-electron chi connectivity index (χ1n) is 10.3. The van der Waals surface area contributed by atoms with Gasteiger partial charge in [-0.2, -0.15) is 0 Å². The van der Waals surface area contributed by atoms with Crippen LogP contribution in [0.3, 0.4) is 0 Å². The van der Waals surface area contributed by atoms with E-state index >= 15 is 0 Å². The Labute approximate surface area is 198 Å². The number of aromatic nitrogens is 3. The van der Waals surface area contributed by atoms with Gasteiger partial charge in [-0.05, 0) is 29.1 Å². The highest BCUT2D eigenvalue weighted by Crippen LogP contribution is 2.36. The highest BCUT2D eigenvalue weighted by atomic mass is 32.1. The molecule has 3 heterocycles. The molecule has 33 heavy (non-hydrogen) atoms. The normalized spacial score (nSPS) is 10.9. The van der Waals surface area contributed by atoms with Gasteiger partial charge in [-0.15, -0.1) is 22.7 Å². The van der Waals surface area contributed by atoms with Crippen LogP contribution in [0.15, 0.2) is 84.8 Å². The second-order valence-corrected chi connectivity index (χ2v) is 9.37. The lowest BCUT2D eigenvalue weighted by molar-refractivity contribution is -0.120. The topological polar surface area (TPSA) is 59.8 Å². The van der Waals surface area contributed by atoms with Gasteiger partial charge in [-0.3, -0.25) is 4.79 Å². The number of hydrogen-bond donors (Lipinski definition) is 1. The molecule has 0 saturated carbocycles. The van der Waals surface area contributed by atoms with Gasteiger partial charge in [0.25, 0.3) is 0 Å². The minimum Gasteiger partial charge on any atom is -0.352 e. The van der Waals surface area contributed by atoms with Crippen molar-refractivity contribution in [3.05, 3.63) is 101 Å². The maximum atomic E-state index is 14.5. The molecule has 0 aliphatic rings. The molecular formula is C25H19FN4OS2. The fourth-order valence-electron chi connectivity index (χ4n) is 3.46. The number of amides is 1. The average Bonchev–Trinajstić information content (AvgIpc) is 3.60. The van der Waals surface area contributed by atoms with Crippen LogP contribution in [0.25, 0.3) is 26.8 Å². The fourth-order valence-corrected chi connectivity index (χ4v) is 5.35. The molecule has 3 aromatic heterocycles. The monoisotopic (exact) mass is 474 g/mol. The summed E-state index contributed by atoms with van der Waals surface area (Å²) in [5.41, 5.74) is 2.99. The molecule has 2 aromatic carbocycles. The molecule has 0 aliphatic heterocycles. The number of thiophene rings is 1. The summed E-state index contributed by atoms with van der Waals surface area (Å²) in [6.45, 7) is 0.249. The Morgan fingerprint density at radius 1 is 1.09 bits per heavy atom. The number of thiazole rings is 1. The van der Waals surface area contributed by atoms with Crippen LogP contribution in [0.1, 0.15) is 10.4 Å². The van der Waals surface area contributed by atoms with Gasteiger partial charge in [0.05, 0.1) is 29.0 Å². The van der Waals surface area contributed by atoms with Crippen molar-refractivity contribution in [3.63, 3.8) is 0 Å². The van der Waals surface area contributed by atoms with Gasteiger partial charge in [0.2, 0.25) is 5.91 Å². The summed E-state index contributed by atoms with van der Waals surface area (Å²) in [7, 11) is 0. The maximum Gasteiger partial charge on any atom is 0.225 e. The molecule has 1 amide bonds. The first kappa shape index (κ1) is 21.2. The van der Waals surface area contributed by atoms with Crippen molar-refractivity contribution >= 4 is 28.6 Å². The van der Waals surface area contributed by atoms with Crippen molar-refractivity contribution in [3.8, 4) is 26.8 Å². The second-order valence-electron chi connectivity index (χ2n) is 7.34. The number of rotatable bonds is 7. The lowest BCUT2D eigenvalue weighted by Gasteiger charge is -2.08. The van der Waals surface area contributed by atoms with Crippen LogP contribution in [-0.2, 0) is 17.8 Å². The van der Waals surface area contributed by atoms with Crippen molar-refractivity contribution in [2.24, 2.45) is 0 Å². The van der Waals surface area contributed by atoms with Gasteiger partial charge in [-0.25, -0.2) is 14.4 Å². The van der Waals surface area contributed by atoms with Crippen molar-refractivity contribution in [1.82, 2.24) is 19.9 Å². The number of carbonyl (C=O) groups is 1. The molecular weight excluding hydrogens is 455 g/mol. The Hall–Kier alpha value is -3.62. The summed E-state index contributed by atoms with van der Waals surface area (Å²) in [5, 5.41) is 5.80. The summed E-state index contributed by atoms with van der Waals surface area (Å²) in [4.78, 5) is 23.5. The second kappa shape index (κ2) is 9.48. The number of halogens is 1. The zero-order valence-corrected chi connectivity index (χ0v) is 19.1. The lowest BCUT2D eigenvalue weighted by Crippen LogP contribution is -2.24. The number of nitrogens with one attached hydrogen (secondary N) is 1. The van der Waals surface area contributed by atoms with Crippen LogP contribution in [0.2, 0.25) is 0 Å². The van der Waals surface area contributed by atoms with E-state index in [1.165, 1.54) is 17.4 Å². The third-order valence-electron chi connectivity index (χ3n) is 5.08. The van der Waals surface area contributed by atoms with Crippen LogP contribution >= 0.6 is 22.7 Å². The smallest absolute Gasteiger partial charge is 0.225 e. The molecule has 0 bridgehead atoms. The van der Waals surface area contributed by atoms with E-state index in [0.29, 0.717) is 11.3 Å². The minimum absolute atomic E-state index is 0.129. The van der Waals surface area contributed by atoms with E-state index in [1.54, 1.807) is 46.8 Å². The number of imidazole rings is 1. The van der Waals surface area contributed by atoms with Gasteiger partial charge in [-0.1, -0.05) is 42.5 Å². The molecule has 5 rings (SSSR count). The van der Waals surface area contributed by atoms with E-state index < -0.39 is 0 Å². The highest BCUT2D eigenvalue weighted by molar-refractivity contribution is 7.17. The van der Waals surface area contributed by atoms with Gasteiger partial charge in [0.1, 0.15) is 10.8 Å². The van der Waals surface area contributed by atoms with Crippen LogP contribution in [0.4, 0.5) is 4.39 Å². The van der Waals surface area contributed by atoms with Crippen molar-refractivity contribution in [2.75, 3.05) is 0 Å². The maximum absolute atomic E-state index is 14.5. The Kier molecular flexibility index (Phi) is 6.10. The molecule has 0 unspecified atom stereocenters. The lowest BCUT2D eigenvalue weighted by atomic mass is 10.2. The van der Waals surface area contributed by atoms with Crippen LogP contribution in [0.5, 0.6) is 0 Å². The molecule has 0 radical (unpaired) electrons. The molecule has 0 aliphatic carbocycles. The fraction of sp³-hybridized carbons (Fsp3) is 0.0800. The van der Waals surface area contributed by atoms with Crippen LogP contribution < -0.4 is 5.32 Å². The Bertz CT molecular complexity index is 1360. The predicted octanol–water partition coefficient (Wildman–Crippen LogP) is 5.72.